The van der Waals surface area contributed by atoms with E-state index in [1.165, 1.54) is 0 Å². The molecule has 0 radical (unpaired) electrons. The highest BCUT2D eigenvalue weighted by Gasteiger charge is 2.35. The fourth-order valence-electron chi connectivity index (χ4n) is 2.38. The van der Waals surface area contributed by atoms with E-state index in [2.05, 4.69) is 20.8 Å². The van der Waals surface area contributed by atoms with Crippen LogP contribution in [0, 0.1) is 17.8 Å². The Balaban J connectivity index is 2.60. The fourth-order valence-corrected chi connectivity index (χ4v) is 2.38. The molecule has 0 saturated heterocycles. The second-order valence-electron chi connectivity index (χ2n) is 4.53. The average molecular weight is 172 g/mol. The van der Waals surface area contributed by atoms with E-state index in [0.717, 1.165) is 12.8 Å². The van der Waals surface area contributed by atoms with Gasteiger partial charge < -0.3 is 10.2 Å². The van der Waals surface area contributed by atoms with Gasteiger partial charge in [-0.25, -0.2) is 0 Å². The summed E-state index contributed by atoms with van der Waals surface area (Å²) in [5, 5.41) is 19.4. The minimum absolute atomic E-state index is 0.0844. The van der Waals surface area contributed by atoms with Gasteiger partial charge in [0.25, 0.3) is 0 Å². The maximum absolute atomic E-state index is 9.72. The molecule has 1 aliphatic rings. The number of hydrogen-bond acceptors (Lipinski definition) is 2. The van der Waals surface area contributed by atoms with E-state index in [1.54, 1.807) is 0 Å². The third-order valence-corrected chi connectivity index (χ3v) is 2.95. The smallest absolute Gasteiger partial charge is 0.0598 e. The van der Waals surface area contributed by atoms with E-state index in [4.69, 9.17) is 0 Å². The second-order valence-corrected chi connectivity index (χ2v) is 4.53. The first-order valence-corrected chi connectivity index (χ1v) is 4.88. The highest BCUT2D eigenvalue weighted by atomic mass is 16.3. The molecule has 0 heterocycles. The molecular formula is C10H20O2. The molecule has 72 valence electrons. The van der Waals surface area contributed by atoms with Crippen molar-refractivity contribution in [3.63, 3.8) is 0 Å². The Bertz CT molecular complexity index is 133. The van der Waals surface area contributed by atoms with Crippen LogP contribution in [0.4, 0.5) is 0 Å². The normalized spacial score (nSPS) is 43.5. The zero-order chi connectivity index (χ0) is 9.30. The zero-order valence-corrected chi connectivity index (χ0v) is 8.20. The summed E-state index contributed by atoms with van der Waals surface area (Å²) in [6, 6.07) is 0. The van der Waals surface area contributed by atoms with Crippen LogP contribution in [-0.2, 0) is 0 Å². The van der Waals surface area contributed by atoms with Crippen molar-refractivity contribution >= 4 is 0 Å². The van der Waals surface area contributed by atoms with Crippen molar-refractivity contribution in [2.75, 3.05) is 0 Å². The first-order chi connectivity index (χ1) is 5.52. The molecule has 0 spiro atoms. The number of aliphatic hydroxyl groups is 2. The topological polar surface area (TPSA) is 40.5 Å². The third-order valence-electron chi connectivity index (χ3n) is 2.95. The molecule has 0 aromatic carbocycles. The van der Waals surface area contributed by atoms with Gasteiger partial charge in [0.05, 0.1) is 12.2 Å². The van der Waals surface area contributed by atoms with Gasteiger partial charge in [0, 0.05) is 5.92 Å². The zero-order valence-electron chi connectivity index (χ0n) is 8.20. The SMILES string of the molecule is CC1C[C@@H](O)C(C(C)C)[C@H](O)C1. The van der Waals surface area contributed by atoms with E-state index >= 15 is 0 Å². The Labute approximate surface area is 74.6 Å². The third kappa shape index (κ3) is 1.99. The molecule has 2 atom stereocenters. The molecule has 0 aliphatic heterocycles. The van der Waals surface area contributed by atoms with Crippen LogP contribution in [0.2, 0.25) is 0 Å². The van der Waals surface area contributed by atoms with Gasteiger partial charge in [-0.2, -0.15) is 0 Å². The van der Waals surface area contributed by atoms with Crippen molar-refractivity contribution in [2.45, 2.75) is 45.8 Å². The van der Waals surface area contributed by atoms with Crippen molar-refractivity contribution in [1.29, 1.82) is 0 Å². The number of hydrogen-bond donors (Lipinski definition) is 2. The predicted octanol–water partition coefficient (Wildman–Crippen LogP) is 1.41. The van der Waals surface area contributed by atoms with Gasteiger partial charge in [-0.1, -0.05) is 20.8 Å². The van der Waals surface area contributed by atoms with Gasteiger partial charge in [-0.15, -0.1) is 0 Å². The first kappa shape index (κ1) is 10.0. The van der Waals surface area contributed by atoms with Crippen LogP contribution in [0.1, 0.15) is 33.6 Å². The largest absolute Gasteiger partial charge is 0.393 e. The number of rotatable bonds is 1. The summed E-state index contributed by atoms with van der Waals surface area (Å²) in [5.41, 5.74) is 0. The molecule has 0 amide bonds. The second kappa shape index (κ2) is 3.75. The van der Waals surface area contributed by atoms with Crippen LogP contribution in [0.15, 0.2) is 0 Å². The van der Waals surface area contributed by atoms with Crippen LogP contribution in [0.3, 0.4) is 0 Å². The fraction of sp³-hybridized carbons (Fsp3) is 1.00. The number of aliphatic hydroxyl groups excluding tert-OH is 2. The molecule has 12 heavy (non-hydrogen) atoms. The molecule has 0 unspecified atom stereocenters. The van der Waals surface area contributed by atoms with Crippen LogP contribution in [-0.4, -0.2) is 22.4 Å². The highest BCUT2D eigenvalue weighted by molar-refractivity contribution is 4.86. The van der Waals surface area contributed by atoms with Crippen molar-refractivity contribution < 1.29 is 10.2 Å². The maximum Gasteiger partial charge on any atom is 0.0598 e. The van der Waals surface area contributed by atoms with Gasteiger partial charge in [0.15, 0.2) is 0 Å². The standard InChI is InChI=1S/C10H20O2/c1-6(2)10-8(11)4-7(3)5-9(10)12/h6-12H,4-5H2,1-3H3/t7?,8-,9-,10?/m1/s1. The summed E-state index contributed by atoms with van der Waals surface area (Å²) in [5.74, 6) is 0.925. The Morgan fingerprint density at radius 3 is 1.83 bits per heavy atom. The summed E-state index contributed by atoms with van der Waals surface area (Å²) in [6.07, 6.45) is 1.09. The lowest BCUT2D eigenvalue weighted by atomic mass is 9.73. The molecule has 1 saturated carbocycles. The van der Waals surface area contributed by atoms with Crippen LogP contribution in [0.5, 0.6) is 0 Å². The molecule has 1 fully saturated rings. The summed E-state index contributed by atoms with van der Waals surface area (Å²) >= 11 is 0. The molecular weight excluding hydrogens is 152 g/mol. The monoisotopic (exact) mass is 172 g/mol. The predicted molar refractivity (Wildman–Crippen MR) is 48.7 cm³/mol. The van der Waals surface area contributed by atoms with E-state index < -0.39 is 0 Å². The summed E-state index contributed by atoms with van der Waals surface area (Å²) in [4.78, 5) is 0. The average Bonchev–Trinajstić information content (AvgIpc) is 1.82. The lowest BCUT2D eigenvalue weighted by molar-refractivity contribution is -0.0607. The van der Waals surface area contributed by atoms with Crippen LogP contribution >= 0.6 is 0 Å². The van der Waals surface area contributed by atoms with Gasteiger partial charge in [0.2, 0.25) is 0 Å². The molecule has 2 nitrogen and oxygen atoms in total. The van der Waals surface area contributed by atoms with Crippen molar-refractivity contribution in [3.05, 3.63) is 0 Å². The lowest BCUT2D eigenvalue weighted by Crippen LogP contribution is -2.42. The molecule has 0 aromatic rings. The van der Waals surface area contributed by atoms with Crippen LogP contribution < -0.4 is 0 Å². The summed E-state index contributed by atoms with van der Waals surface area (Å²) in [6.45, 7) is 6.21. The Hall–Kier alpha value is -0.0800. The first-order valence-electron chi connectivity index (χ1n) is 4.88. The Kier molecular flexibility index (Phi) is 3.13. The molecule has 2 heteroatoms. The summed E-state index contributed by atoms with van der Waals surface area (Å²) < 4.78 is 0. The van der Waals surface area contributed by atoms with Gasteiger partial charge in [-0.3, -0.25) is 0 Å². The van der Waals surface area contributed by atoms with Crippen molar-refractivity contribution in [1.82, 2.24) is 0 Å². The minimum atomic E-state index is -0.302. The Morgan fingerprint density at radius 2 is 1.50 bits per heavy atom. The van der Waals surface area contributed by atoms with Gasteiger partial charge >= 0.3 is 0 Å². The molecule has 0 bridgehead atoms. The van der Waals surface area contributed by atoms with E-state index in [9.17, 15) is 10.2 Å². The van der Waals surface area contributed by atoms with Gasteiger partial charge in [-0.05, 0) is 24.7 Å². The quantitative estimate of drug-likeness (QED) is 0.628. The van der Waals surface area contributed by atoms with E-state index in [-0.39, 0.29) is 18.1 Å². The molecule has 1 rings (SSSR count). The van der Waals surface area contributed by atoms with E-state index in [1.807, 2.05) is 0 Å². The maximum atomic E-state index is 9.72. The summed E-state index contributed by atoms with van der Waals surface area (Å²) in [7, 11) is 0. The Morgan fingerprint density at radius 1 is 1.08 bits per heavy atom. The minimum Gasteiger partial charge on any atom is -0.393 e. The lowest BCUT2D eigenvalue weighted by Gasteiger charge is -2.38. The van der Waals surface area contributed by atoms with Crippen LogP contribution in [0.25, 0.3) is 0 Å². The molecule has 0 aromatic heterocycles. The molecule has 1 aliphatic carbocycles. The molecule has 2 N–H and O–H groups in total. The van der Waals surface area contributed by atoms with Gasteiger partial charge in [0.1, 0.15) is 0 Å². The van der Waals surface area contributed by atoms with E-state index in [0.29, 0.717) is 11.8 Å². The van der Waals surface area contributed by atoms with Crippen molar-refractivity contribution in [3.8, 4) is 0 Å². The van der Waals surface area contributed by atoms with Crippen molar-refractivity contribution in [2.24, 2.45) is 17.8 Å². The highest BCUT2D eigenvalue weighted by Crippen LogP contribution is 2.33.